The van der Waals surface area contributed by atoms with Crippen molar-refractivity contribution >= 4 is 27.8 Å². The minimum Gasteiger partial charge on any atom is -0.508 e. The quantitative estimate of drug-likeness (QED) is 0.524. The van der Waals surface area contributed by atoms with Crippen molar-refractivity contribution in [2.75, 3.05) is 31.6 Å². The SMILES string of the molecule is CCOC(=O)[C@@H]1CCCN1S(=O)(=O)N1CCC(C(=O)Nc2ccc(O)cc2)CC1. The van der Waals surface area contributed by atoms with Crippen molar-refractivity contribution in [2.24, 2.45) is 5.92 Å². The zero-order valence-corrected chi connectivity index (χ0v) is 17.2. The van der Waals surface area contributed by atoms with Gasteiger partial charge in [0.05, 0.1) is 6.61 Å². The summed E-state index contributed by atoms with van der Waals surface area (Å²) in [5.74, 6) is -0.853. The van der Waals surface area contributed by atoms with Crippen molar-refractivity contribution in [2.45, 2.75) is 38.6 Å². The van der Waals surface area contributed by atoms with Gasteiger partial charge in [-0.2, -0.15) is 17.0 Å². The third kappa shape index (κ3) is 4.88. The summed E-state index contributed by atoms with van der Waals surface area (Å²) in [6.07, 6.45) is 1.89. The minimum atomic E-state index is -3.78. The lowest BCUT2D eigenvalue weighted by Crippen LogP contribution is -2.51. The molecule has 29 heavy (non-hydrogen) atoms. The fourth-order valence-electron chi connectivity index (χ4n) is 3.78. The number of phenolic OH excluding ortho intramolecular Hbond substituents is 1. The van der Waals surface area contributed by atoms with Crippen molar-refractivity contribution in [3.63, 3.8) is 0 Å². The van der Waals surface area contributed by atoms with E-state index >= 15 is 0 Å². The molecule has 2 aliphatic heterocycles. The van der Waals surface area contributed by atoms with Crippen LogP contribution >= 0.6 is 0 Å². The molecule has 0 saturated carbocycles. The number of nitrogens with zero attached hydrogens (tertiary/aromatic N) is 2. The molecule has 0 bridgehead atoms. The normalized spacial score (nSPS) is 21.8. The Bertz CT molecular complexity index is 834. The first-order valence-electron chi connectivity index (χ1n) is 9.86. The zero-order chi connectivity index (χ0) is 21.0. The van der Waals surface area contributed by atoms with E-state index in [4.69, 9.17) is 4.74 Å². The van der Waals surface area contributed by atoms with Gasteiger partial charge in [-0.25, -0.2) is 0 Å². The van der Waals surface area contributed by atoms with Crippen molar-refractivity contribution in [3.8, 4) is 5.75 Å². The molecule has 9 nitrogen and oxygen atoms in total. The third-order valence-electron chi connectivity index (χ3n) is 5.34. The average molecular weight is 426 g/mol. The largest absolute Gasteiger partial charge is 0.508 e. The van der Waals surface area contributed by atoms with Gasteiger partial charge in [-0.3, -0.25) is 9.59 Å². The second-order valence-corrected chi connectivity index (χ2v) is 9.12. The summed E-state index contributed by atoms with van der Waals surface area (Å²) in [5.41, 5.74) is 0.581. The maximum atomic E-state index is 13.0. The molecule has 3 rings (SSSR count). The highest BCUT2D eigenvalue weighted by molar-refractivity contribution is 7.86. The standard InChI is InChI=1S/C19H27N3O6S/c1-2-28-19(25)17-4-3-11-22(17)29(26,27)21-12-9-14(10-13-21)18(24)20-15-5-7-16(23)8-6-15/h5-8,14,17,23H,2-4,9-13H2,1H3,(H,20,24)/t17-/m0/s1. The van der Waals surface area contributed by atoms with E-state index in [1.807, 2.05) is 0 Å². The molecule has 1 aromatic rings. The molecule has 160 valence electrons. The lowest BCUT2D eigenvalue weighted by molar-refractivity contribution is -0.147. The van der Waals surface area contributed by atoms with Gasteiger partial charge in [0.2, 0.25) is 5.91 Å². The number of hydrogen-bond donors (Lipinski definition) is 2. The topological polar surface area (TPSA) is 116 Å². The minimum absolute atomic E-state index is 0.115. The number of anilines is 1. The van der Waals surface area contributed by atoms with Gasteiger partial charge in [-0.15, -0.1) is 0 Å². The third-order valence-corrected chi connectivity index (χ3v) is 7.39. The van der Waals surface area contributed by atoms with E-state index in [2.05, 4.69) is 5.32 Å². The first-order chi connectivity index (χ1) is 13.8. The number of amides is 1. The van der Waals surface area contributed by atoms with E-state index in [0.29, 0.717) is 37.9 Å². The number of carbonyl (C=O) groups excluding carboxylic acids is 2. The van der Waals surface area contributed by atoms with Crippen LogP contribution in [0.4, 0.5) is 5.69 Å². The average Bonchev–Trinajstić information content (AvgIpc) is 3.21. The highest BCUT2D eigenvalue weighted by atomic mass is 32.2. The molecule has 2 saturated heterocycles. The number of phenols is 1. The number of rotatable bonds is 6. The zero-order valence-electron chi connectivity index (χ0n) is 16.4. The van der Waals surface area contributed by atoms with Gasteiger partial charge >= 0.3 is 5.97 Å². The van der Waals surface area contributed by atoms with Crippen molar-refractivity contribution in [1.29, 1.82) is 0 Å². The molecule has 2 fully saturated rings. The highest BCUT2D eigenvalue weighted by Gasteiger charge is 2.43. The molecular formula is C19H27N3O6S. The van der Waals surface area contributed by atoms with Gasteiger partial charge in [-0.05, 0) is 56.9 Å². The second-order valence-electron chi connectivity index (χ2n) is 7.24. The fourth-order valence-corrected chi connectivity index (χ4v) is 5.62. The Balaban J connectivity index is 1.58. The van der Waals surface area contributed by atoms with E-state index in [-0.39, 0.29) is 37.3 Å². The van der Waals surface area contributed by atoms with Crippen molar-refractivity contribution < 1.29 is 27.9 Å². The second kappa shape index (κ2) is 9.10. The van der Waals surface area contributed by atoms with Gasteiger partial charge in [0.25, 0.3) is 10.2 Å². The van der Waals surface area contributed by atoms with Crippen LogP contribution in [0.2, 0.25) is 0 Å². The first kappa shape index (κ1) is 21.5. The molecule has 0 spiro atoms. The molecule has 2 heterocycles. The number of piperidine rings is 1. The summed E-state index contributed by atoms with van der Waals surface area (Å²) in [5, 5.41) is 12.1. The number of nitrogens with one attached hydrogen (secondary N) is 1. The smallest absolute Gasteiger partial charge is 0.324 e. The predicted octanol–water partition coefficient (Wildman–Crippen LogP) is 1.31. The van der Waals surface area contributed by atoms with Crippen LogP contribution < -0.4 is 5.32 Å². The number of esters is 1. The Kier molecular flexibility index (Phi) is 6.76. The van der Waals surface area contributed by atoms with Crippen LogP contribution in [-0.2, 0) is 24.5 Å². The molecule has 2 aliphatic rings. The molecule has 0 unspecified atom stereocenters. The lowest BCUT2D eigenvalue weighted by atomic mass is 9.97. The predicted molar refractivity (Wildman–Crippen MR) is 106 cm³/mol. The van der Waals surface area contributed by atoms with Gasteiger partial charge in [0.15, 0.2) is 0 Å². The maximum absolute atomic E-state index is 13.0. The molecular weight excluding hydrogens is 398 g/mol. The Hall–Kier alpha value is -2.17. The summed E-state index contributed by atoms with van der Waals surface area (Å²) < 4.78 is 33.7. The van der Waals surface area contributed by atoms with Crippen LogP contribution in [-0.4, -0.2) is 66.3 Å². The molecule has 1 atom stereocenters. The number of carbonyl (C=O) groups is 2. The molecule has 0 aliphatic carbocycles. The van der Waals surface area contributed by atoms with E-state index in [1.165, 1.54) is 20.7 Å². The first-order valence-corrected chi connectivity index (χ1v) is 11.3. The van der Waals surface area contributed by atoms with E-state index in [1.54, 1.807) is 19.1 Å². The molecule has 1 aromatic carbocycles. The summed E-state index contributed by atoms with van der Waals surface area (Å²) in [4.78, 5) is 24.6. The molecule has 0 aromatic heterocycles. The van der Waals surface area contributed by atoms with Crippen LogP contribution in [0, 0.1) is 5.92 Å². The van der Waals surface area contributed by atoms with E-state index in [9.17, 15) is 23.1 Å². The number of ether oxygens (including phenoxy) is 1. The fraction of sp³-hybridized carbons (Fsp3) is 0.579. The van der Waals surface area contributed by atoms with Crippen LogP contribution in [0.15, 0.2) is 24.3 Å². The number of hydrogen-bond acceptors (Lipinski definition) is 6. The van der Waals surface area contributed by atoms with Crippen LogP contribution in [0.5, 0.6) is 5.75 Å². The Morgan fingerprint density at radius 1 is 1.14 bits per heavy atom. The monoisotopic (exact) mass is 425 g/mol. The van der Waals surface area contributed by atoms with Gasteiger partial charge in [-0.1, -0.05) is 0 Å². The Morgan fingerprint density at radius 2 is 1.79 bits per heavy atom. The molecule has 0 radical (unpaired) electrons. The Morgan fingerprint density at radius 3 is 2.41 bits per heavy atom. The molecule has 1 amide bonds. The van der Waals surface area contributed by atoms with Gasteiger partial charge < -0.3 is 15.2 Å². The van der Waals surface area contributed by atoms with Gasteiger partial charge in [0, 0.05) is 31.2 Å². The molecule has 10 heteroatoms. The number of aromatic hydroxyl groups is 1. The number of benzene rings is 1. The van der Waals surface area contributed by atoms with Gasteiger partial charge in [0.1, 0.15) is 11.8 Å². The highest BCUT2D eigenvalue weighted by Crippen LogP contribution is 2.28. The summed E-state index contributed by atoms with van der Waals surface area (Å²) in [6.45, 7) is 2.65. The summed E-state index contributed by atoms with van der Waals surface area (Å²) >= 11 is 0. The van der Waals surface area contributed by atoms with Crippen LogP contribution in [0.25, 0.3) is 0 Å². The van der Waals surface area contributed by atoms with E-state index in [0.717, 1.165) is 0 Å². The maximum Gasteiger partial charge on any atom is 0.324 e. The van der Waals surface area contributed by atoms with E-state index < -0.39 is 22.2 Å². The lowest BCUT2D eigenvalue weighted by Gasteiger charge is -2.34. The summed E-state index contributed by atoms with van der Waals surface area (Å²) in [6, 6.07) is 5.42. The van der Waals surface area contributed by atoms with Crippen LogP contribution in [0.3, 0.4) is 0 Å². The van der Waals surface area contributed by atoms with Crippen molar-refractivity contribution in [3.05, 3.63) is 24.3 Å². The van der Waals surface area contributed by atoms with Crippen molar-refractivity contribution in [1.82, 2.24) is 8.61 Å². The molecule has 2 N–H and O–H groups in total. The summed E-state index contributed by atoms with van der Waals surface area (Å²) in [7, 11) is -3.78. The Labute approximate surface area is 170 Å². The van der Waals surface area contributed by atoms with Crippen LogP contribution in [0.1, 0.15) is 32.6 Å².